The number of fused-ring (bicyclic) bond motifs is 1. The van der Waals surface area contributed by atoms with Crippen LogP contribution in [0, 0.1) is 6.92 Å². The minimum absolute atomic E-state index is 0.260. The lowest BCUT2D eigenvalue weighted by Crippen LogP contribution is -2.31. The molecule has 0 saturated carbocycles. The van der Waals surface area contributed by atoms with Crippen molar-refractivity contribution in [2.45, 2.75) is 20.0 Å². The summed E-state index contributed by atoms with van der Waals surface area (Å²) in [5.74, 6) is -0.987. The Morgan fingerprint density at radius 3 is 2.63 bits per heavy atom. The van der Waals surface area contributed by atoms with Crippen LogP contribution in [-0.4, -0.2) is 24.6 Å². The smallest absolute Gasteiger partial charge is 0.344 e. The summed E-state index contributed by atoms with van der Waals surface area (Å²) in [6.45, 7) is 2.78. The monoisotopic (exact) mass is 449 g/mol. The molecule has 1 aromatic heterocycles. The molecule has 9 heteroatoms. The zero-order valence-corrected chi connectivity index (χ0v) is 17.5. The molecule has 0 aliphatic rings. The first-order chi connectivity index (χ1) is 14.2. The van der Waals surface area contributed by atoms with Gasteiger partial charge in [0.25, 0.3) is 5.91 Å². The summed E-state index contributed by atoms with van der Waals surface area (Å²) >= 11 is 11.8. The Bertz CT molecular complexity index is 1170. The van der Waals surface area contributed by atoms with Crippen LogP contribution in [0.4, 0.5) is 5.69 Å². The van der Waals surface area contributed by atoms with Crippen LogP contribution in [0.5, 0.6) is 5.75 Å². The van der Waals surface area contributed by atoms with E-state index in [0.717, 1.165) is 10.9 Å². The van der Waals surface area contributed by atoms with Crippen molar-refractivity contribution in [3.8, 4) is 5.75 Å². The molecule has 2 aromatic carbocycles. The van der Waals surface area contributed by atoms with Gasteiger partial charge in [-0.3, -0.25) is 4.79 Å². The molecule has 3 rings (SSSR count). The molecule has 1 N–H and O–H groups in total. The molecule has 0 saturated heterocycles. The van der Waals surface area contributed by atoms with Gasteiger partial charge in [-0.25, -0.2) is 9.59 Å². The number of nitrogens with one attached hydrogen (secondary N) is 1. The number of hydrogen-bond acceptors (Lipinski definition) is 6. The van der Waals surface area contributed by atoms with Crippen molar-refractivity contribution >= 4 is 51.7 Å². The van der Waals surface area contributed by atoms with Crippen molar-refractivity contribution in [3.63, 3.8) is 0 Å². The van der Waals surface area contributed by atoms with Crippen molar-refractivity contribution in [2.24, 2.45) is 0 Å². The van der Waals surface area contributed by atoms with Gasteiger partial charge in [-0.1, -0.05) is 23.2 Å². The first kappa shape index (κ1) is 21.7. The number of esters is 1. The lowest BCUT2D eigenvalue weighted by atomic mass is 10.1. The molecule has 0 spiro atoms. The van der Waals surface area contributed by atoms with Gasteiger partial charge in [0.05, 0.1) is 10.7 Å². The summed E-state index contributed by atoms with van der Waals surface area (Å²) in [5.41, 5.74) is 0.988. The maximum Gasteiger partial charge on any atom is 0.344 e. The van der Waals surface area contributed by atoms with Crippen molar-refractivity contribution in [1.82, 2.24) is 0 Å². The van der Waals surface area contributed by atoms with E-state index in [-0.39, 0.29) is 5.02 Å². The number of hydrogen-bond donors (Lipinski definition) is 1. The molecule has 1 atom stereocenters. The van der Waals surface area contributed by atoms with E-state index in [2.05, 4.69) is 5.32 Å². The zero-order valence-electron chi connectivity index (χ0n) is 16.0. The van der Waals surface area contributed by atoms with Crippen molar-refractivity contribution in [1.29, 1.82) is 0 Å². The Balaban J connectivity index is 1.56. The van der Waals surface area contributed by atoms with Crippen LogP contribution in [0.25, 0.3) is 11.0 Å². The molecule has 0 aliphatic heterocycles. The molecule has 0 bridgehead atoms. The average molecular weight is 450 g/mol. The van der Waals surface area contributed by atoms with Gasteiger partial charge in [-0.15, -0.1) is 0 Å². The average Bonchev–Trinajstić information content (AvgIpc) is 2.68. The molecular formula is C21H17Cl2NO6. The molecule has 1 heterocycles. The van der Waals surface area contributed by atoms with E-state index in [0.29, 0.717) is 22.0 Å². The minimum Gasteiger partial charge on any atom is -0.482 e. The van der Waals surface area contributed by atoms with Gasteiger partial charge in [0.2, 0.25) is 0 Å². The molecule has 30 heavy (non-hydrogen) atoms. The Kier molecular flexibility index (Phi) is 6.64. The van der Waals surface area contributed by atoms with E-state index in [4.69, 9.17) is 37.1 Å². The van der Waals surface area contributed by atoms with Crippen LogP contribution in [0.3, 0.4) is 0 Å². The van der Waals surface area contributed by atoms with Gasteiger partial charge < -0.3 is 19.2 Å². The molecule has 3 aromatic rings. The summed E-state index contributed by atoms with van der Waals surface area (Å²) in [6.07, 6.45) is -1.08. The number of ether oxygens (including phenoxy) is 2. The molecule has 1 unspecified atom stereocenters. The van der Waals surface area contributed by atoms with E-state index in [1.165, 1.54) is 25.1 Å². The van der Waals surface area contributed by atoms with Crippen LogP contribution in [-0.2, 0) is 14.3 Å². The first-order valence-electron chi connectivity index (χ1n) is 8.85. The largest absolute Gasteiger partial charge is 0.482 e. The number of rotatable bonds is 6. The molecule has 0 fully saturated rings. The van der Waals surface area contributed by atoms with Gasteiger partial charge in [-0.05, 0) is 49.7 Å². The number of amides is 1. The third kappa shape index (κ3) is 5.31. The van der Waals surface area contributed by atoms with Gasteiger partial charge in [0.15, 0.2) is 12.7 Å². The number of carbonyl (C=O) groups excluding carboxylic acids is 2. The number of carbonyl (C=O) groups is 2. The first-order valence-corrected chi connectivity index (χ1v) is 9.61. The van der Waals surface area contributed by atoms with Crippen LogP contribution in [0.1, 0.15) is 12.5 Å². The lowest BCUT2D eigenvalue weighted by molar-refractivity contribution is -0.155. The van der Waals surface area contributed by atoms with Crippen molar-refractivity contribution < 1.29 is 23.5 Å². The van der Waals surface area contributed by atoms with Gasteiger partial charge in [-0.2, -0.15) is 0 Å². The van der Waals surface area contributed by atoms with E-state index in [9.17, 15) is 14.4 Å². The summed E-state index contributed by atoms with van der Waals surface area (Å²) in [4.78, 5) is 35.7. The topological polar surface area (TPSA) is 94.8 Å². The second-order valence-electron chi connectivity index (χ2n) is 6.44. The van der Waals surface area contributed by atoms with Gasteiger partial charge >= 0.3 is 11.6 Å². The highest BCUT2D eigenvalue weighted by atomic mass is 35.5. The highest BCUT2D eigenvalue weighted by molar-refractivity contribution is 6.36. The summed E-state index contributed by atoms with van der Waals surface area (Å²) in [5, 5.41) is 4.01. The Labute approximate surface area is 181 Å². The predicted octanol–water partition coefficient (Wildman–Crippen LogP) is 4.36. The fraction of sp³-hybridized carbons (Fsp3) is 0.190. The Morgan fingerprint density at radius 1 is 1.13 bits per heavy atom. The fourth-order valence-electron chi connectivity index (χ4n) is 2.65. The third-order valence-corrected chi connectivity index (χ3v) is 4.69. The van der Waals surface area contributed by atoms with Gasteiger partial charge in [0.1, 0.15) is 11.3 Å². The summed E-state index contributed by atoms with van der Waals surface area (Å²) in [7, 11) is 0. The highest BCUT2D eigenvalue weighted by Crippen LogP contribution is 2.25. The van der Waals surface area contributed by atoms with Crippen LogP contribution in [0.15, 0.2) is 51.7 Å². The van der Waals surface area contributed by atoms with E-state index in [1.54, 1.807) is 31.2 Å². The van der Waals surface area contributed by atoms with E-state index < -0.39 is 30.2 Å². The fourth-order valence-corrected chi connectivity index (χ4v) is 3.10. The highest BCUT2D eigenvalue weighted by Gasteiger charge is 2.19. The number of benzene rings is 2. The minimum atomic E-state index is -1.08. The molecule has 0 radical (unpaired) electrons. The van der Waals surface area contributed by atoms with Crippen LogP contribution < -0.4 is 15.7 Å². The summed E-state index contributed by atoms with van der Waals surface area (Å²) < 4.78 is 15.6. The molecule has 156 valence electrons. The standard InChI is InChI=1S/C21H17Cl2NO6/c1-11-7-19(25)30-18-9-14(4-5-15(11)18)28-10-20(26)29-12(2)21(27)24-17-6-3-13(22)8-16(17)23/h3-9,12H,10H2,1-2H3,(H,24,27). The lowest BCUT2D eigenvalue weighted by Gasteiger charge is -2.14. The second kappa shape index (κ2) is 9.19. The predicted molar refractivity (Wildman–Crippen MR) is 113 cm³/mol. The normalized spacial score (nSPS) is 11.7. The van der Waals surface area contributed by atoms with Crippen molar-refractivity contribution in [2.75, 3.05) is 11.9 Å². The third-order valence-electron chi connectivity index (χ3n) is 4.15. The number of halogens is 2. The summed E-state index contributed by atoms with van der Waals surface area (Å²) in [6, 6.07) is 10.9. The molecule has 1 amide bonds. The van der Waals surface area contributed by atoms with Gasteiger partial charge in [0, 0.05) is 22.5 Å². The maximum atomic E-state index is 12.2. The number of anilines is 1. The number of aryl methyl sites for hydroxylation is 1. The second-order valence-corrected chi connectivity index (χ2v) is 7.28. The van der Waals surface area contributed by atoms with E-state index >= 15 is 0 Å². The van der Waals surface area contributed by atoms with Crippen LogP contribution >= 0.6 is 23.2 Å². The zero-order chi connectivity index (χ0) is 21.8. The molecule has 0 aliphatic carbocycles. The van der Waals surface area contributed by atoms with Crippen molar-refractivity contribution in [3.05, 3.63) is 68.5 Å². The maximum absolute atomic E-state index is 12.2. The van der Waals surface area contributed by atoms with Crippen LogP contribution in [0.2, 0.25) is 10.0 Å². The molecular weight excluding hydrogens is 433 g/mol. The quantitative estimate of drug-likeness (QED) is 0.443. The molecule has 7 nitrogen and oxygen atoms in total. The Morgan fingerprint density at radius 2 is 1.90 bits per heavy atom. The SMILES string of the molecule is Cc1cc(=O)oc2cc(OCC(=O)OC(C)C(=O)Nc3ccc(Cl)cc3Cl)ccc12. The van der Waals surface area contributed by atoms with E-state index in [1.807, 2.05) is 0 Å². The Hall–Kier alpha value is -3.03.